The van der Waals surface area contributed by atoms with Crippen LogP contribution in [0.2, 0.25) is 0 Å². The van der Waals surface area contributed by atoms with Gasteiger partial charge in [-0.2, -0.15) is 12.6 Å². The Morgan fingerprint density at radius 3 is 2.61 bits per heavy atom. The van der Waals surface area contributed by atoms with Gasteiger partial charge in [-0.05, 0) is 6.07 Å². The van der Waals surface area contributed by atoms with E-state index in [2.05, 4.69) is 25.3 Å². The molecule has 0 N–H and O–H groups in total. The summed E-state index contributed by atoms with van der Waals surface area (Å²) in [7, 11) is 0. The molecule has 6 heteroatoms. The number of nitroso groups, excluding NO2 is 1. The van der Waals surface area contributed by atoms with Gasteiger partial charge < -0.3 is 0 Å². The average molecular weight is 285 g/mol. The van der Waals surface area contributed by atoms with Gasteiger partial charge in [0, 0.05) is 29.7 Å². The van der Waals surface area contributed by atoms with Gasteiger partial charge in [0.1, 0.15) is 0 Å². The van der Waals surface area contributed by atoms with Gasteiger partial charge in [-0.1, -0.05) is 19.1 Å². The highest BCUT2D eigenvalue weighted by Crippen LogP contribution is 2.21. The van der Waals surface area contributed by atoms with Crippen molar-refractivity contribution in [3.8, 4) is 0 Å². The number of carbonyl (C=O) groups is 1. The molecule has 0 heterocycles. The summed E-state index contributed by atoms with van der Waals surface area (Å²) >= 11 is 8.32. The average Bonchev–Trinajstić information content (AvgIpc) is 2.37. The van der Waals surface area contributed by atoms with Crippen molar-refractivity contribution in [1.82, 2.24) is 4.90 Å². The molecule has 0 unspecified atom stereocenters. The second-order valence-corrected chi connectivity index (χ2v) is 4.67. The van der Waals surface area contributed by atoms with Crippen LogP contribution in [0.1, 0.15) is 13.3 Å². The molecule has 0 aliphatic carbocycles. The number of benzene rings is 1. The molecular formula is C12H17N2O2S2+. The second-order valence-electron chi connectivity index (χ2n) is 3.74. The molecule has 0 aromatic heterocycles. The van der Waals surface area contributed by atoms with Crippen molar-refractivity contribution in [3.05, 3.63) is 29.2 Å². The molecule has 1 amide bonds. The van der Waals surface area contributed by atoms with Crippen LogP contribution in [0.3, 0.4) is 0 Å². The zero-order valence-corrected chi connectivity index (χ0v) is 12.0. The van der Waals surface area contributed by atoms with Gasteiger partial charge in [0.2, 0.25) is 5.91 Å². The normalized spacial score (nSPS) is 10.2. The van der Waals surface area contributed by atoms with E-state index in [1.807, 2.05) is 6.07 Å². The summed E-state index contributed by atoms with van der Waals surface area (Å²) in [5, 5.41) is 0. The monoisotopic (exact) mass is 285 g/mol. The Bertz CT molecular complexity index is 438. The van der Waals surface area contributed by atoms with Gasteiger partial charge in [-0.15, -0.1) is 12.6 Å². The van der Waals surface area contributed by atoms with Gasteiger partial charge in [0.05, 0.1) is 9.66 Å². The van der Waals surface area contributed by atoms with Crippen LogP contribution in [0.15, 0.2) is 29.2 Å². The summed E-state index contributed by atoms with van der Waals surface area (Å²) in [5.74, 6) is 0.476. The highest BCUT2D eigenvalue weighted by atomic mass is 32.1. The molecule has 0 fully saturated rings. The lowest BCUT2D eigenvalue weighted by atomic mass is 10.3. The van der Waals surface area contributed by atoms with Gasteiger partial charge in [0.15, 0.2) is 0 Å². The minimum atomic E-state index is -0.0541. The zero-order valence-electron chi connectivity index (χ0n) is 10.2. The summed E-state index contributed by atoms with van der Waals surface area (Å²) in [4.78, 5) is 25.8. The molecule has 1 aromatic rings. The molecule has 1 rings (SSSR count). The maximum atomic E-state index is 12.0. The number of hydrogen-bond donors (Lipinski definition) is 2. The lowest BCUT2D eigenvalue weighted by Crippen LogP contribution is -2.36. The van der Waals surface area contributed by atoms with Crippen LogP contribution in [-0.2, 0) is 4.79 Å². The summed E-state index contributed by atoms with van der Waals surface area (Å²) < 4.78 is 0.777. The van der Waals surface area contributed by atoms with E-state index in [9.17, 15) is 9.70 Å². The minimum Gasteiger partial charge on any atom is -0.282 e. The van der Waals surface area contributed by atoms with Crippen LogP contribution >= 0.6 is 25.3 Å². The molecular weight excluding hydrogens is 268 g/mol. The Labute approximate surface area is 118 Å². The lowest BCUT2D eigenvalue weighted by Gasteiger charge is -2.16. The number of para-hydroxylation sites is 1. The highest BCUT2D eigenvalue weighted by Gasteiger charge is 2.23. The van der Waals surface area contributed by atoms with Crippen LogP contribution in [0.5, 0.6) is 0 Å². The summed E-state index contributed by atoms with van der Waals surface area (Å²) in [5.41, 5.74) is 0.467. The van der Waals surface area contributed by atoms with E-state index in [0.29, 0.717) is 29.3 Å². The van der Waals surface area contributed by atoms with E-state index in [4.69, 9.17) is 0 Å². The van der Waals surface area contributed by atoms with Crippen LogP contribution in [0, 0.1) is 4.91 Å². The molecule has 0 aliphatic heterocycles. The Hall–Kier alpha value is -1.01. The van der Waals surface area contributed by atoms with E-state index in [0.717, 1.165) is 4.76 Å². The van der Waals surface area contributed by atoms with Gasteiger partial charge in [-0.3, -0.25) is 9.69 Å². The van der Waals surface area contributed by atoms with Crippen molar-refractivity contribution in [3.63, 3.8) is 0 Å². The van der Waals surface area contributed by atoms with E-state index in [-0.39, 0.29) is 12.6 Å². The number of rotatable bonds is 6. The second kappa shape index (κ2) is 7.43. The molecule has 0 spiro atoms. The third kappa shape index (κ3) is 4.03. The lowest BCUT2D eigenvalue weighted by molar-refractivity contribution is -0.486. The molecule has 0 atom stereocenters. The fraction of sp³-hybridized carbons (Fsp3) is 0.417. The molecule has 18 heavy (non-hydrogen) atoms. The minimum absolute atomic E-state index is 0.00477. The standard InChI is InChI=1S/C12H16N2O2S2/c1-2-12(15)13(7-8-17)9-14(16)10-5-3-4-6-11(10)18/h3-6H,2,7-9H2,1H3,(H-,17,18)/p+1. The number of thiol groups is 2. The molecule has 0 aliphatic rings. The quantitative estimate of drug-likeness (QED) is 0.479. The topological polar surface area (TPSA) is 40.4 Å². The fourth-order valence-corrected chi connectivity index (χ4v) is 2.04. The van der Waals surface area contributed by atoms with Crippen LogP contribution in [-0.4, -0.2) is 34.5 Å². The van der Waals surface area contributed by atoms with Gasteiger partial charge in [-0.25, -0.2) is 0 Å². The van der Waals surface area contributed by atoms with Crippen molar-refractivity contribution in [1.29, 1.82) is 0 Å². The fourth-order valence-electron chi connectivity index (χ4n) is 1.52. The van der Waals surface area contributed by atoms with Crippen molar-refractivity contribution in [2.24, 2.45) is 0 Å². The third-order valence-electron chi connectivity index (χ3n) is 2.47. The van der Waals surface area contributed by atoms with Crippen molar-refractivity contribution in [2.75, 3.05) is 19.0 Å². The number of amides is 1. The molecule has 0 radical (unpaired) electrons. The van der Waals surface area contributed by atoms with Crippen molar-refractivity contribution < 1.29 is 9.55 Å². The highest BCUT2D eigenvalue weighted by molar-refractivity contribution is 7.80. The first-order valence-electron chi connectivity index (χ1n) is 5.71. The molecule has 0 bridgehead atoms. The largest absolute Gasteiger partial charge is 0.282 e. The number of carbonyl (C=O) groups excluding carboxylic acids is 1. The number of hydrogen-bond acceptors (Lipinski definition) is 4. The van der Waals surface area contributed by atoms with Crippen LogP contribution < -0.4 is 0 Å². The Morgan fingerprint density at radius 1 is 1.39 bits per heavy atom. The van der Waals surface area contributed by atoms with Crippen molar-refractivity contribution >= 4 is 36.9 Å². The van der Waals surface area contributed by atoms with Crippen LogP contribution in [0.25, 0.3) is 0 Å². The van der Waals surface area contributed by atoms with Crippen LogP contribution in [0.4, 0.5) is 5.69 Å². The molecule has 0 saturated carbocycles. The molecule has 4 nitrogen and oxygen atoms in total. The Kier molecular flexibility index (Phi) is 6.21. The smallest absolute Gasteiger partial charge is 0.275 e. The first-order valence-corrected chi connectivity index (χ1v) is 6.79. The van der Waals surface area contributed by atoms with Crippen molar-refractivity contribution in [2.45, 2.75) is 18.2 Å². The third-order valence-corrected chi connectivity index (χ3v) is 3.05. The first kappa shape index (κ1) is 15.0. The predicted molar refractivity (Wildman–Crippen MR) is 77.7 cm³/mol. The molecule has 0 saturated heterocycles. The predicted octanol–water partition coefficient (Wildman–Crippen LogP) is 2.51. The Morgan fingerprint density at radius 2 is 2.06 bits per heavy atom. The van der Waals surface area contributed by atoms with Gasteiger partial charge in [0.25, 0.3) is 12.4 Å². The van der Waals surface area contributed by atoms with E-state index < -0.39 is 0 Å². The SMILES string of the molecule is CCC(=O)N(CCS)C[N+](=O)c1ccccc1S. The zero-order chi connectivity index (χ0) is 13.5. The molecule has 1 aromatic carbocycles. The summed E-state index contributed by atoms with van der Waals surface area (Å²) in [6.45, 7) is 2.24. The van der Waals surface area contributed by atoms with E-state index in [1.165, 1.54) is 4.90 Å². The number of nitrogens with zero attached hydrogens (tertiary/aromatic N) is 2. The summed E-state index contributed by atoms with van der Waals surface area (Å²) in [6, 6.07) is 7.01. The van der Waals surface area contributed by atoms with E-state index in [1.54, 1.807) is 25.1 Å². The van der Waals surface area contributed by atoms with E-state index >= 15 is 0 Å². The summed E-state index contributed by atoms with van der Waals surface area (Å²) in [6.07, 6.45) is 0.379. The maximum Gasteiger partial charge on any atom is 0.275 e. The van der Waals surface area contributed by atoms with Gasteiger partial charge >= 0.3 is 0 Å². The first-order chi connectivity index (χ1) is 8.60. The Balaban J connectivity index is 2.79. The maximum absolute atomic E-state index is 12.0. The molecule has 98 valence electrons.